The van der Waals surface area contributed by atoms with Gasteiger partial charge in [-0.25, -0.2) is 0 Å². The number of hydrogen-bond acceptors (Lipinski definition) is 3. The van der Waals surface area contributed by atoms with Crippen LogP contribution in [0.1, 0.15) is 17.0 Å². The van der Waals surface area contributed by atoms with Gasteiger partial charge < -0.3 is 4.90 Å². The highest BCUT2D eigenvalue weighted by atomic mass is 79.9. The number of aromatic nitrogens is 1. The highest BCUT2D eigenvalue weighted by molar-refractivity contribution is 9.10. The largest absolute Gasteiger partial charge is 0.368 e. The van der Waals surface area contributed by atoms with Gasteiger partial charge in [0.15, 0.2) is 0 Å². The molecule has 0 aliphatic rings. The number of aryl methyl sites for hydroxylation is 1. The van der Waals surface area contributed by atoms with Crippen LogP contribution in [0, 0.1) is 18.3 Å². The second-order valence-corrected chi connectivity index (χ2v) is 5.32. The molecule has 96 valence electrons. The van der Waals surface area contributed by atoms with Gasteiger partial charge in [0, 0.05) is 17.2 Å². The van der Waals surface area contributed by atoms with Gasteiger partial charge in [-0.05, 0) is 37.3 Å². The summed E-state index contributed by atoms with van der Waals surface area (Å²) in [6.45, 7) is 2.65. The second-order valence-electron chi connectivity index (χ2n) is 4.40. The van der Waals surface area contributed by atoms with Crippen LogP contribution >= 0.6 is 15.9 Å². The first-order valence-corrected chi connectivity index (χ1v) is 6.73. The Morgan fingerprint density at radius 2 is 2.11 bits per heavy atom. The SMILES string of the molecule is Cc1cccc(CN(C)c2ccc(Br)cc2C#N)n1. The van der Waals surface area contributed by atoms with Crippen molar-refractivity contribution in [2.45, 2.75) is 13.5 Å². The molecule has 0 saturated carbocycles. The van der Waals surface area contributed by atoms with E-state index in [0.717, 1.165) is 21.5 Å². The zero-order chi connectivity index (χ0) is 13.8. The minimum absolute atomic E-state index is 0.657. The summed E-state index contributed by atoms with van der Waals surface area (Å²) < 4.78 is 0.912. The zero-order valence-corrected chi connectivity index (χ0v) is 12.5. The molecule has 4 heteroatoms. The molecular weight excluding hydrogens is 302 g/mol. The molecule has 0 atom stereocenters. The van der Waals surface area contributed by atoms with Crippen molar-refractivity contribution in [3.05, 3.63) is 57.8 Å². The molecule has 0 spiro atoms. The lowest BCUT2D eigenvalue weighted by molar-refractivity contribution is 0.875. The quantitative estimate of drug-likeness (QED) is 0.867. The number of benzene rings is 1. The summed E-state index contributed by atoms with van der Waals surface area (Å²) in [5.41, 5.74) is 3.56. The maximum Gasteiger partial charge on any atom is 0.101 e. The molecule has 1 heterocycles. The highest BCUT2D eigenvalue weighted by Gasteiger charge is 2.09. The molecule has 3 nitrogen and oxygen atoms in total. The highest BCUT2D eigenvalue weighted by Crippen LogP contribution is 2.24. The first-order chi connectivity index (χ1) is 9.10. The van der Waals surface area contributed by atoms with Gasteiger partial charge in [-0.1, -0.05) is 22.0 Å². The number of anilines is 1. The number of rotatable bonds is 3. The summed E-state index contributed by atoms with van der Waals surface area (Å²) >= 11 is 3.38. The standard InChI is InChI=1S/C15H14BrN3/c1-11-4-3-5-14(18-11)10-19(2)15-7-6-13(16)8-12(15)9-17/h3-8H,10H2,1-2H3. The predicted molar refractivity (Wildman–Crippen MR) is 79.9 cm³/mol. The van der Waals surface area contributed by atoms with Gasteiger partial charge >= 0.3 is 0 Å². The Morgan fingerprint density at radius 1 is 1.32 bits per heavy atom. The molecule has 0 saturated heterocycles. The maximum atomic E-state index is 9.19. The number of nitriles is 1. The van der Waals surface area contributed by atoms with Crippen LogP contribution in [0.25, 0.3) is 0 Å². The number of nitrogens with zero attached hydrogens (tertiary/aromatic N) is 3. The first-order valence-electron chi connectivity index (χ1n) is 5.93. The number of halogens is 1. The van der Waals surface area contributed by atoms with Crippen molar-refractivity contribution in [1.82, 2.24) is 4.98 Å². The summed E-state index contributed by atoms with van der Waals surface area (Å²) in [5, 5.41) is 9.19. The lowest BCUT2D eigenvalue weighted by Crippen LogP contribution is -2.18. The van der Waals surface area contributed by atoms with Crippen LogP contribution in [-0.2, 0) is 6.54 Å². The Kier molecular flexibility index (Phi) is 4.18. The fourth-order valence-electron chi connectivity index (χ4n) is 1.95. The fraction of sp³-hybridized carbons (Fsp3) is 0.200. The summed E-state index contributed by atoms with van der Waals surface area (Å²) in [6, 6.07) is 13.9. The van der Waals surface area contributed by atoms with E-state index in [1.54, 1.807) is 0 Å². The van der Waals surface area contributed by atoms with Crippen LogP contribution in [0.5, 0.6) is 0 Å². The van der Waals surface area contributed by atoms with Crippen molar-refractivity contribution >= 4 is 21.6 Å². The summed E-state index contributed by atoms with van der Waals surface area (Å²) in [7, 11) is 1.97. The van der Waals surface area contributed by atoms with Gasteiger partial charge in [0.05, 0.1) is 23.5 Å². The van der Waals surface area contributed by atoms with E-state index < -0.39 is 0 Å². The third kappa shape index (κ3) is 3.33. The third-order valence-electron chi connectivity index (χ3n) is 2.84. The van der Waals surface area contributed by atoms with E-state index in [4.69, 9.17) is 0 Å². The van der Waals surface area contributed by atoms with Crippen molar-refractivity contribution in [1.29, 1.82) is 5.26 Å². The minimum atomic E-state index is 0.657. The van der Waals surface area contributed by atoms with E-state index >= 15 is 0 Å². The Balaban J connectivity index is 2.25. The van der Waals surface area contributed by atoms with Crippen LogP contribution < -0.4 is 4.90 Å². The molecule has 0 N–H and O–H groups in total. The maximum absolute atomic E-state index is 9.19. The molecule has 0 radical (unpaired) electrons. The predicted octanol–water partition coefficient (Wildman–Crippen LogP) is 3.66. The van der Waals surface area contributed by atoms with Gasteiger partial charge in [0.2, 0.25) is 0 Å². The molecule has 0 amide bonds. The average molecular weight is 316 g/mol. The average Bonchev–Trinajstić information content (AvgIpc) is 2.38. The molecule has 0 unspecified atom stereocenters. The third-order valence-corrected chi connectivity index (χ3v) is 3.33. The molecule has 2 aromatic rings. The molecule has 0 aliphatic heterocycles. The Bertz CT molecular complexity index is 632. The monoisotopic (exact) mass is 315 g/mol. The van der Waals surface area contributed by atoms with Crippen LogP contribution in [0.15, 0.2) is 40.9 Å². The molecule has 0 bridgehead atoms. The summed E-state index contributed by atoms with van der Waals surface area (Å²) in [4.78, 5) is 6.51. The molecule has 1 aromatic heterocycles. The van der Waals surface area contributed by atoms with Crippen LogP contribution in [0.2, 0.25) is 0 Å². The normalized spacial score (nSPS) is 10.0. The van der Waals surface area contributed by atoms with E-state index in [1.807, 2.05) is 55.3 Å². The number of pyridine rings is 1. The summed E-state index contributed by atoms with van der Waals surface area (Å²) in [5.74, 6) is 0. The van der Waals surface area contributed by atoms with Crippen molar-refractivity contribution in [3.63, 3.8) is 0 Å². The summed E-state index contributed by atoms with van der Waals surface area (Å²) in [6.07, 6.45) is 0. The van der Waals surface area contributed by atoms with Gasteiger partial charge in [-0.2, -0.15) is 5.26 Å². The first kappa shape index (κ1) is 13.6. The zero-order valence-electron chi connectivity index (χ0n) is 10.9. The van der Waals surface area contributed by atoms with E-state index in [-0.39, 0.29) is 0 Å². The minimum Gasteiger partial charge on any atom is -0.368 e. The molecule has 19 heavy (non-hydrogen) atoms. The van der Waals surface area contributed by atoms with Gasteiger partial charge in [-0.3, -0.25) is 4.98 Å². The molecular formula is C15H14BrN3. The fourth-order valence-corrected chi connectivity index (χ4v) is 2.31. The lowest BCUT2D eigenvalue weighted by Gasteiger charge is -2.20. The van der Waals surface area contributed by atoms with Crippen molar-refractivity contribution in [3.8, 4) is 6.07 Å². The second kappa shape index (κ2) is 5.85. The van der Waals surface area contributed by atoms with Crippen molar-refractivity contribution in [2.24, 2.45) is 0 Å². The number of hydrogen-bond donors (Lipinski definition) is 0. The van der Waals surface area contributed by atoms with E-state index in [0.29, 0.717) is 12.1 Å². The van der Waals surface area contributed by atoms with Crippen LogP contribution in [0.4, 0.5) is 5.69 Å². The van der Waals surface area contributed by atoms with Crippen LogP contribution in [-0.4, -0.2) is 12.0 Å². The van der Waals surface area contributed by atoms with Crippen molar-refractivity contribution < 1.29 is 0 Å². The topological polar surface area (TPSA) is 39.9 Å². The lowest BCUT2D eigenvalue weighted by atomic mass is 10.1. The van der Waals surface area contributed by atoms with E-state index in [9.17, 15) is 5.26 Å². The Morgan fingerprint density at radius 3 is 2.79 bits per heavy atom. The molecule has 0 fully saturated rings. The molecule has 0 aliphatic carbocycles. The van der Waals surface area contributed by atoms with E-state index in [2.05, 4.69) is 27.0 Å². The molecule has 1 aromatic carbocycles. The van der Waals surface area contributed by atoms with Gasteiger partial charge in [0.1, 0.15) is 6.07 Å². The van der Waals surface area contributed by atoms with Crippen LogP contribution in [0.3, 0.4) is 0 Å². The van der Waals surface area contributed by atoms with Gasteiger partial charge in [-0.15, -0.1) is 0 Å². The smallest absolute Gasteiger partial charge is 0.101 e. The molecule has 2 rings (SSSR count). The van der Waals surface area contributed by atoms with Gasteiger partial charge in [0.25, 0.3) is 0 Å². The Hall–Kier alpha value is -1.86. The van der Waals surface area contributed by atoms with E-state index in [1.165, 1.54) is 0 Å². The van der Waals surface area contributed by atoms with Crippen molar-refractivity contribution in [2.75, 3.05) is 11.9 Å². The Labute approximate surface area is 121 Å².